The number of rotatable bonds is 12. The predicted octanol–water partition coefficient (Wildman–Crippen LogP) is 5.15. The minimum atomic E-state index is -4.24. The number of amides is 1. The van der Waals surface area contributed by atoms with E-state index in [9.17, 15) is 17.6 Å². The molecule has 0 spiro atoms. The van der Waals surface area contributed by atoms with Crippen molar-refractivity contribution in [3.8, 4) is 11.5 Å². The highest BCUT2D eigenvalue weighted by molar-refractivity contribution is 7.92. The van der Waals surface area contributed by atoms with Gasteiger partial charge >= 0.3 is 0 Å². The first kappa shape index (κ1) is 28.3. The van der Waals surface area contributed by atoms with E-state index >= 15 is 0 Å². The molecule has 0 aliphatic rings. The number of sulfonamides is 1. The van der Waals surface area contributed by atoms with Crippen LogP contribution in [0.4, 0.5) is 10.1 Å². The Morgan fingerprint density at radius 3 is 2.27 bits per heavy atom. The van der Waals surface area contributed by atoms with Crippen molar-refractivity contribution in [3.05, 3.63) is 120 Å². The van der Waals surface area contributed by atoms with Crippen LogP contribution in [0.5, 0.6) is 11.5 Å². The van der Waals surface area contributed by atoms with Crippen molar-refractivity contribution in [2.75, 3.05) is 17.5 Å². The van der Waals surface area contributed by atoms with Gasteiger partial charge in [0.1, 0.15) is 19.0 Å². The van der Waals surface area contributed by atoms with Crippen molar-refractivity contribution in [2.45, 2.75) is 18.4 Å². The zero-order chi connectivity index (χ0) is 28.4. The number of carbonyl (C=O) groups excluding carboxylic acids is 1. The third-order valence-electron chi connectivity index (χ3n) is 5.65. The Bertz CT molecular complexity index is 1570. The van der Waals surface area contributed by atoms with Gasteiger partial charge < -0.3 is 9.47 Å². The standard InChI is InChI=1S/C30H28FN3O5S/c1-2-38-29-19-24(17-18-28(29)39-22-23-11-5-3-6-12-23)20-32-33-30(35)21-34(27-16-10-9-15-26(27)31)40(36,37)25-13-7-4-8-14-25/h3-20H,2,21-22H2,1H3,(H,33,35)/b32-20+. The summed E-state index contributed by atoms with van der Waals surface area (Å²) in [4.78, 5) is 12.7. The maximum atomic E-state index is 14.6. The average Bonchev–Trinajstić information content (AvgIpc) is 2.97. The van der Waals surface area contributed by atoms with Crippen LogP contribution in [-0.2, 0) is 21.4 Å². The summed E-state index contributed by atoms with van der Waals surface area (Å²) in [5, 5.41) is 3.95. The molecule has 0 aliphatic carbocycles. The van der Waals surface area contributed by atoms with Gasteiger partial charge in [0.2, 0.25) is 0 Å². The van der Waals surface area contributed by atoms with Crippen LogP contribution >= 0.6 is 0 Å². The highest BCUT2D eigenvalue weighted by atomic mass is 32.2. The lowest BCUT2D eigenvalue weighted by Crippen LogP contribution is -2.40. The number of hydrogen-bond acceptors (Lipinski definition) is 6. The topological polar surface area (TPSA) is 97.3 Å². The van der Waals surface area contributed by atoms with Gasteiger partial charge in [-0.05, 0) is 60.5 Å². The van der Waals surface area contributed by atoms with E-state index in [0.29, 0.717) is 34.6 Å². The van der Waals surface area contributed by atoms with E-state index in [-0.39, 0.29) is 10.6 Å². The van der Waals surface area contributed by atoms with Gasteiger partial charge in [0.25, 0.3) is 15.9 Å². The molecule has 0 bridgehead atoms. The monoisotopic (exact) mass is 561 g/mol. The van der Waals surface area contributed by atoms with E-state index in [1.165, 1.54) is 36.5 Å². The zero-order valence-electron chi connectivity index (χ0n) is 21.7. The Kier molecular flexibility index (Phi) is 9.48. The van der Waals surface area contributed by atoms with E-state index in [1.807, 2.05) is 37.3 Å². The molecule has 1 N–H and O–H groups in total. The molecular formula is C30H28FN3O5S. The molecule has 40 heavy (non-hydrogen) atoms. The zero-order valence-corrected chi connectivity index (χ0v) is 22.6. The fourth-order valence-corrected chi connectivity index (χ4v) is 5.20. The molecule has 4 aromatic rings. The fourth-order valence-electron chi connectivity index (χ4n) is 3.75. The number of halogens is 1. The number of benzene rings is 4. The minimum absolute atomic E-state index is 0.0763. The van der Waals surface area contributed by atoms with Crippen LogP contribution in [0.3, 0.4) is 0 Å². The number of hydrazone groups is 1. The molecule has 0 aliphatic heterocycles. The molecule has 0 fully saturated rings. The predicted molar refractivity (Wildman–Crippen MR) is 151 cm³/mol. The molecule has 1 amide bonds. The van der Waals surface area contributed by atoms with Crippen molar-refractivity contribution < 1.29 is 27.1 Å². The summed E-state index contributed by atoms with van der Waals surface area (Å²) in [6.07, 6.45) is 1.39. The normalized spacial score (nSPS) is 11.2. The Labute approximate surface area is 232 Å². The smallest absolute Gasteiger partial charge is 0.264 e. The summed E-state index contributed by atoms with van der Waals surface area (Å²) in [7, 11) is -4.24. The van der Waals surface area contributed by atoms with Crippen LogP contribution < -0.4 is 19.2 Å². The van der Waals surface area contributed by atoms with E-state index in [2.05, 4.69) is 10.5 Å². The van der Waals surface area contributed by atoms with E-state index in [1.54, 1.807) is 36.4 Å². The summed E-state index contributed by atoms with van der Waals surface area (Å²) in [5.41, 5.74) is 3.69. The molecule has 0 aromatic heterocycles. The maximum absolute atomic E-state index is 14.6. The Balaban J connectivity index is 1.47. The van der Waals surface area contributed by atoms with Crippen LogP contribution in [-0.4, -0.2) is 33.7 Å². The Hall–Kier alpha value is -4.70. The van der Waals surface area contributed by atoms with Crippen LogP contribution in [0.25, 0.3) is 0 Å². The van der Waals surface area contributed by atoms with Crippen molar-refractivity contribution >= 4 is 27.8 Å². The lowest BCUT2D eigenvalue weighted by Gasteiger charge is -2.24. The van der Waals surface area contributed by atoms with Crippen LogP contribution in [0, 0.1) is 5.82 Å². The lowest BCUT2D eigenvalue weighted by molar-refractivity contribution is -0.119. The second-order valence-corrected chi connectivity index (χ2v) is 10.3. The molecule has 4 aromatic carbocycles. The van der Waals surface area contributed by atoms with Crippen molar-refractivity contribution in [1.29, 1.82) is 0 Å². The highest BCUT2D eigenvalue weighted by Crippen LogP contribution is 2.29. The maximum Gasteiger partial charge on any atom is 0.264 e. The average molecular weight is 562 g/mol. The second-order valence-electron chi connectivity index (χ2n) is 8.48. The quantitative estimate of drug-likeness (QED) is 0.191. The Morgan fingerprint density at radius 1 is 0.900 bits per heavy atom. The molecule has 8 nitrogen and oxygen atoms in total. The summed E-state index contributed by atoms with van der Waals surface area (Å²) in [6.45, 7) is 1.95. The summed E-state index contributed by atoms with van der Waals surface area (Å²) in [5.74, 6) is -0.477. The van der Waals surface area contributed by atoms with Crippen LogP contribution in [0.2, 0.25) is 0 Å². The molecule has 10 heteroatoms. The molecular weight excluding hydrogens is 533 g/mol. The summed E-state index contributed by atoms with van der Waals surface area (Å²) >= 11 is 0. The molecule has 0 unspecified atom stereocenters. The first-order chi connectivity index (χ1) is 19.4. The first-order valence-corrected chi connectivity index (χ1v) is 13.9. The lowest BCUT2D eigenvalue weighted by atomic mass is 10.2. The summed E-state index contributed by atoms with van der Waals surface area (Å²) < 4.78 is 53.5. The number of nitrogens with one attached hydrogen (secondary N) is 1. The molecule has 4 rings (SSSR count). The van der Waals surface area contributed by atoms with Gasteiger partial charge in [0.05, 0.1) is 23.4 Å². The molecule has 0 saturated heterocycles. The first-order valence-electron chi connectivity index (χ1n) is 12.5. The van der Waals surface area contributed by atoms with Gasteiger partial charge in [-0.15, -0.1) is 0 Å². The number of carbonyl (C=O) groups is 1. The molecule has 0 heterocycles. The van der Waals surface area contributed by atoms with Gasteiger partial charge in [-0.3, -0.25) is 9.10 Å². The molecule has 206 valence electrons. The number of nitrogens with zero attached hydrogens (tertiary/aromatic N) is 2. The molecule has 0 saturated carbocycles. The molecule has 0 atom stereocenters. The van der Waals surface area contributed by atoms with Crippen LogP contribution in [0.15, 0.2) is 113 Å². The third-order valence-corrected chi connectivity index (χ3v) is 7.42. The SMILES string of the molecule is CCOc1cc(/C=N/NC(=O)CN(c2ccccc2F)S(=O)(=O)c2ccccc2)ccc1OCc1ccccc1. The van der Waals surface area contributed by atoms with Crippen molar-refractivity contribution in [3.63, 3.8) is 0 Å². The van der Waals surface area contributed by atoms with E-state index < -0.39 is 28.3 Å². The van der Waals surface area contributed by atoms with Gasteiger partial charge in [-0.25, -0.2) is 18.2 Å². The summed E-state index contributed by atoms with van der Waals surface area (Å²) in [6, 6.07) is 27.8. The van der Waals surface area contributed by atoms with Gasteiger partial charge in [0.15, 0.2) is 11.5 Å². The minimum Gasteiger partial charge on any atom is -0.490 e. The number of ether oxygens (including phenoxy) is 2. The van der Waals surface area contributed by atoms with E-state index in [0.717, 1.165) is 11.6 Å². The number of para-hydroxylation sites is 1. The largest absolute Gasteiger partial charge is 0.490 e. The Morgan fingerprint density at radius 2 is 1.57 bits per heavy atom. The van der Waals surface area contributed by atoms with Gasteiger partial charge in [-0.2, -0.15) is 5.10 Å². The number of anilines is 1. The van der Waals surface area contributed by atoms with Gasteiger partial charge in [-0.1, -0.05) is 60.7 Å². The third kappa shape index (κ3) is 7.23. The van der Waals surface area contributed by atoms with Crippen molar-refractivity contribution in [2.24, 2.45) is 5.10 Å². The second kappa shape index (κ2) is 13.4. The van der Waals surface area contributed by atoms with Crippen LogP contribution in [0.1, 0.15) is 18.1 Å². The highest BCUT2D eigenvalue weighted by Gasteiger charge is 2.28. The molecule has 0 radical (unpaired) electrons. The van der Waals surface area contributed by atoms with Crippen molar-refractivity contribution in [1.82, 2.24) is 5.43 Å². The fraction of sp³-hybridized carbons (Fsp3) is 0.133. The number of hydrogen-bond donors (Lipinski definition) is 1. The van der Waals surface area contributed by atoms with Gasteiger partial charge in [0, 0.05) is 0 Å². The van der Waals surface area contributed by atoms with E-state index in [4.69, 9.17) is 9.47 Å².